The molecule has 0 saturated heterocycles. The molecule has 1 atom stereocenters. The summed E-state index contributed by atoms with van der Waals surface area (Å²) in [4.78, 5) is 40.3. The number of aromatic nitrogens is 3. The van der Waals surface area contributed by atoms with Gasteiger partial charge in [0, 0.05) is 47.5 Å². The number of hydrogen-bond acceptors (Lipinski definition) is 4. The summed E-state index contributed by atoms with van der Waals surface area (Å²) >= 11 is 0. The van der Waals surface area contributed by atoms with Crippen LogP contribution in [0.4, 0.5) is 18.9 Å². The van der Waals surface area contributed by atoms with E-state index in [4.69, 9.17) is 5.11 Å². The molecule has 2 aromatic carbocycles. The number of nitrogens with zero attached hydrogens (tertiary/aromatic N) is 2. The van der Waals surface area contributed by atoms with Gasteiger partial charge in [-0.15, -0.1) is 0 Å². The standard InChI is InChI=1S/C30H32F3N5O4/c1-16-14-35-24-13-21(29(42)34-4)12-22(27(16)24)18(3)28(41)36-23-11-19(8-9-20(23)6-5-7-26(39)40)15-38-17(2)10-25(37-38)30(31,32)33/h8-14,18,35H,5-7,15H2,1-4H3,(H,34,42)(H,36,41)(H,39,40). The largest absolute Gasteiger partial charge is 0.481 e. The second kappa shape index (κ2) is 12.1. The van der Waals surface area contributed by atoms with E-state index in [0.29, 0.717) is 52.0 Å². The molecule has 12 heteroatoms. The number of carbonyl (C=O) groups excluding carboxylic acids is 2. The van der Waals surface area contributed by atoms with E-state index >= 15 is 0 Å². The van der Waals surface area contributed by atoms with Gasteiger partial charge in [-0.3, -0.25) is 19.1 Å². The number of rotatable bonds is 10. The number of aryl methyl sites for hydroxylation is 3. The number of amides is 2. The van der Waals surface area contributed by atoms with Crippen LogP contribution in [0, 0.1) is 13.8 Å². The zero-order chi connectivity index (χ0) is 30.8. The number of benzene rings is 2. The smallest absolute Gasteiger partial charge is 0.435 e. The van der Waals surface area contributed by atoms with Gasteiger partial charge in [-0.2, -0.15) is 18.3 Å². The van der Waals surface area contributed by atoms with E-state index in [2.05, 4.69) is 20.7 Å². The molecule has 0 aliphatic rings. The Bertz CT molecular complexity index is 1650. The van der Waals surface area contributed by atoms with Crippen molar-refractivity contribution in [1.29, 1.82) is 0 Å². The van der Waals surface area contributed by atoms with Crippen molar-refractivity contribution >= 4 is 34.4 Å². The number of carbonyl (C=O) groups is 3. The molecule has 0 bridgehead atoms. The Hall–Kier alpha value is -4.61. The van der Waals surface area contributed by atoms with Crippen LogP contribution in [0.2, 0.25) is 0 Å². The van der Waals surface area contributed by atoms with E-state index in [0.717, 1.165) is 17.0 Å². The number of hydrogen-bond donors (Lipinski definition) is 4. The van der Waals surface area contributed by atoms with Gasteiger partial charge in [0.05, 0.1) is 12.5 Å². The Morgan fingerprint density at radius 1 is 1.12 bits per heavy atom. The molecular weight excluding hydrogens is 551 g/mol. The molecule has 1 unspecified atom stereocenters. The fourth-order valence-electron chi connectivity index (χ4n) is 4.94. The first-order chi connectivity index (χ1) is 19.8. The van der Waals surface area contributed by atoms with E-state index < -0.39 is 23.8 Å². The minimum absolute atomic E-state index is 0.0348. The van der Waals surface area contributed by atoms with Crippen molar-refractivity contribution in [3.8, 4) is 0 Å². The van der Waals surface area contributed by atoms with E-state index in [-0.39, 0.29) is 24.8 Å². The molecule has 2 amide bonds. The fourth-order valence-corrected chi connectivity index (χ4v) is 4.94. The molecule has 42 heavy (non-hydrogen) atoms. The van der Waals surface area contributed by atoms with Crippen LogP contribution < -0.4 is 10.6 Å². The maximum Gasteiger partial charge on any atom is 0.435 e. The highest BCUT2D eigenvalue weighted by atomic mass is 19.4. The van der Waals surface area contributed by atoms with Gasteiger partial charge in [0.2, 0.25) is 5.91 Å². The third-order valence-electron chi connectivity index (χ3n) is 7.23. The molecule has 0 spiro atoms. The molecule has 0 fully saturated rings. The van der Waals surface area contributed by atoms with Crippen LogP contribution in [0.3, 0.4) is 0 Å². The number of fused-ring (bicyclic) bond motifs is 1. The third kappa shape index (κ3) is 6.64. The van der Waals surface area contributed by atoms with Crippen LogP contribution >= 0.6 is 0 Å². The molecule has 0 radical (unpaired) electrons. The molecule has 222 valence electrons. The maximum atomic E-state index is 13.7. The average molecular weight is 584 g/mol. The molecule has 9 nitrogen and oxygen atoms in total. The predicted molar refractivity (Wildman–Crippen MR) is 152 cm³/mol. The Labute approximate surface area is 240 Å². The van der Waals surface area contributed by atoms with Gasteiger partial charge in [-0.1, -0.05) is 12.1 Å². The molecule has 4 N–H and O–H groups in total. The third-order valence-corrected chi connectivity index (χ3v) is 7.23. The van der Waals surface area contributed by atoms with Crippen LogP contribution in [0.5, 0.6) is 0 Å². The summed E-state index contributed by atoms with van der Waals surface area (Å²) in [6.07, 6.45) is -2.13. The first-order valence-corrected chi connectivity index (χ1v) is 13.4. The molecule has 2 heterocycles. The number of halogens is 3. The van der Waals surface area contributed by atoms with Crippen LogP contribution in [-0.4, -0.2) is 44.7 Å². The van der Waals surface area contributed by atoms with E-state index in [1.165, 1.54) is 18.7 Å². The average Bonchev–Trinajstić information content (AvgIpc) is 3.50. The number of nitrogens with one attached hydrogen (secondary N) is 3. The van der Waals surface area contributed by atoms with Crippen LogP contribution in [0.15, 0.2) is 42.6 Å². The molecule has 0 aliphatic carbocycles. The second-order valence-corrected chi connectivity index (χ2v) is 10.3. The van der Waals surface area contributed by atoms with Crippen LogP contribution in [0.1, 0.15) is 69.7 Å². The predicted octanol–water partition coefficient (Wildman–Crippen LogP) is 5.56. The maximum absolute atomic E-state index is 13.7. The van der Waals surface area contributed by atoms with Gasteiger partial charge in [0.15, 0.2) is 5.69 Å². The van der Waals surface area contributed by atoms with E-state index in [1.54, 1.807) is 43.5 Å². The number of anilines is 1. The van der Waals surface area contributed by atoms with Gasteiger partial charge in [-0.05, 0) is 80.1 Å². The Morgan fingerprint density at radius 2 is 1.86 bits per heavy atom. The highest BCUT2D eigenvalue weighted by molar-refractivity contribution is 6.03. The van der Waals surface area contributed by atoms with Gasteiger partial charge >= 0.3 is 12.1 Å². The Balaban J connectivity index is 1.67. The molecule has 4 rings (SSSR count). The number of carboxylic acids is 1. The van der Waals surface area contributed by atoms with Gasteiger partial charge < -0.3 is 20.7 Å². The molecule has 2 aromatic heterocycles. The minimum Gasteiger partial charge on any atom is -0.481 e. The lowest BCUT2D eigenvalue weighted by molar-refractivity contribution is -0.141. The summed E-state index contributed by atoms with van der Waals surface area (Å²) in [7, 11) is 1.52. The number of alkyl halides is 3. The van der Waals surface area contributed by atoms with Crippen LogP contribution in [-0.2, 0) is 28.7 Å². The number of H-pyrrole nitrogens is 1. The highest BCUT2D eigenvalue weighted by Gasteiger charge is 2.34. The van der Waals surface area contributed by atoms with Crippen molar-refractivity contribution in [3.05, 3.63) is 81.8 Å². The summed E-state index contributed by atoms with van der Waals surface area (Å²) in [5.41, 5.74) is 3.73. The lowest BCUT2D eigenvalue weighted by atomic mass is 9.92. The minimum atomic E-state index is -4.57. The molecular formula is C30H32F3N5O4. The van der Waals surface area contributed by atoms with Crippen LogP contribution in [0.25, 0.3) is 10.9 Å². The zero-order valence-corrected chi connectivity index (χ0v) is 23.6. The van der Waals surface area contributed by atoms with Gasteiger partial charge in [-0.25, -0.2) is 0 Å². The topological polar surface area (TPSA) is 129 Å². The quantitative estimate of drug-likeness (QED) is 0.194. The first kappa shape index (κ1) is 30.4. The SMILES string of the molecule is CNC(=O)c1cc(C(C)C(=O)Nc2cc(Cn3nc(C(F)(F)F)cc3C)ccc2CCCC(=O)O)c2c(C)c[nH]c2c1. The summed E-state index contributed by atoms with van der Waals surface area (Å²) in [5.74, 6) is -2.29. The molecule has 0 saturated carbocycles. The number of aromatic amines is 1. The summed E-state index contributed by atoms with van der Waals surface area (Å²) in [6, 6.07) is 9.52. The first-order valence-electron chi connectivity index (χ1n) is 13.4. The summed E-state index contributed by atoms with van der Waals surface area (Å²) in [6.45, 7) is 5.19. The highest BCUT2D eigenvalue weighted by Crippen LogP contribution is 2.32. The molecule has 0 aliphatic heterocycles. The Morgan fingerprint density at radius 3 is 2.50 bits per heavy atom. The van der Waals surface area contributed by atoms with Crippen molar-refractivity contribution < 1.29 is 32.7 Å². The van der Waals surface area contributed by atoms with Crippen molar-refractivity contribution in [2.45, 2.75) is 58.7 Å². The second-order valence-electron chi connectivity index (χ2n) is 10.3. The van der Waals surface area contributed by atoms with Gasteiger partial charge in [0.1, 0.15) is 0 Å². The number of carboxylic acid groups (broad SMARTS) is 1. The monoisotopic (exact) mass is 583 g/mol. The zero-order valence-electron chi connectivity index (χ0n) is 23.6. The summed E-state index contributed by atoms with van der Waals surface area (Å²) < 4.78 is 40.8. The lowest BCUT2D eigenvalue weighted by Gasteiger charge is -2.18. The van der Waals surface area contributed by atoms with Crippen molar-refractivity contribution in [2.24, 2.45) is 0 Å². The van der Waals surface area contributed by atoms with Gasteiger partial charge in [0.25, 0.3) is 5.91 Å². The van der Waals surface area contributed by atoms with Crippen molar-refractivity contribution in [3.63, 3.8) is 0 Å². The van der Waals surface area contributed by atoms with E-state index in [9.17, 15) is 27.6 Å². The van der Waals surface area contributed by atoms with Crippen molar-refractivity contribution in [2.75, 3.05) is 12.4 Å². The Kier molecular flexibility index (Phi) is 8.74. The fraction of sp³-hybridized carbons (Fsp3) is 0.333. The number of aliphatic carboxylic acids is 1. The molecule has 4 aromatic rings. The van der Waals surface area contributed by atoms with Crippen molar-refractivity contribution in [1.82, 2.24) is 20.1 Å². The lowest BCUT2D eigenvalue weighted by Crippen LogP contribution is -2.22. The normalized spacial score (nSPS) is 12.4. The van der Waals surface area contributed by atoms with E-state index in [1.807, 2.05) is 6.92 Å². The summed E-state index contributed by atoms with van der Waals surface area (Å²) in [5, 5.41) is 19.1.